The first-order valence-corrected chi connectivity index (χ1v) is 11.1. The second-order valence-electron chi connectivity index (χ2n) is 9.10. The summed E-state index contributed by atoms with van der Waals surface area (Å²) in [4.78, 5) is 11.7. The maximum atomic E-state index is 12.2. The van der Waals surface area contributed by atoms with Gasteiger partial charge in [0.05, 0.1) is 11.0 Å². The standard InChI is InChI=1S/C25H36O4/c1-8-13-25-21-18(14-19(15(4)9-2)24(25,7)27)11-12-20(28-17(6)26)22(21)29-23(25)16(5)10-3/h11-12,15,19,23,27H,5,8-10,13-14H2,1-4,6-7H3. The van der Waals surface area contributed by atoms with Crippen LogP contribution in [0.15, 0.2) is 24.3 Å². The van der Waals surface area contributed by atoms with Crippen LogP contribution in [0.3, 0.4) is 0 Å². The Morgan fingerprint density at radius 3 is 2.62 bits per heavy atom. The molecule has 1 heterocycles. The van der Waals surface area contributed by atoms with Crippen LogP contribution in [0.5, 0.6) is 11.5 Å². The SMILES string of the molecule is C=C(CC)C1Oc2c(OC(C)=O)ccc3c2C1(CCC)C(C)(O)C(C(C)CC)C3. The number of carbonyl (C=O) groups is 1. The first-order chi connectivity index (χ1) is 13.6. The van der Waals surface area contributed by atoms with Crippen molar-refractivity contribution in [2.24, 2.45) is 11.8 Å². The average molecular weight is 401 g/mol. The van der Waals surface area contributed by atoms with Gasteiger partial charge in [-0.05, 0) is 55.2 Å². The van der Waals surface area contributed by atoms with Gasteiger partial charge in [-0.15, -0.1) is 0 Å². The average Bonchev–Trinajstić information content (AvgIpc) is 3.03. The molecule has 4 heteroatoms. The van der Waals surface area contributed by atoms with Crippen molar-refractivity contribution in [1.29, 1.82) is 0 Å². The van der Waals surface area contributed by atoms with E-state index in [4.69, 9.17) is 9.47 Å². The van der Waals surface area contributed by atoms with Crippen LogP contribution in [-0.2, 0) is 16.6 Å². The highest BCUT2D eigenvalue weighted by Gasteiger charge is 2.65. The van der Waals surface area contributed by atoms with E-state index in [9.17, 15) is 9.90 Å². The lowest BCUT2D eigenvalue weighted by molar-refractivity contribution is -0.132. The van der Waals surface area contributed by atoms with E-state index in [2.05, 4.69) is 40.3 Å². The third-order valence-corrected chi connectivity index (χ3v) is 7.46. The molecule has 0 saturated carbocycles. The number of benzene rings is 1. The molecule has 1 N–H and O–H groups in total. The largest absolute Gasteiger partial charge is 0.481 e. The zero-order chi connectivity index (χ0) is 21.6. The van der Waals surface area contributed by atoms with Gasteiger partial charge in [-0.3, -0.25) is 4.79 Å². The van der Waals surface area contributed by atoms with Crippen LogP contribution >= 0.6 is 0 Å². The molecule has 0 radical (unpaired) electrons. The summed E-state index contributed by atoms with van der Waals surface area (Å²) < 4.78 is 12.0. The second-order valence-corrected chi connectivity index (χ2v) is 9.10. The predicted molar refractivity (Wildman–Crippen MR) is 115 cm³/mol. The third kappa shape index (κ3) is 3.11. The lowest BCUT2D eigenvalue weighted by Gasteiger charge is -2.55. The van der Waals surface area contributed by atoms with Crippen LogP contribution in [0.1, 0.15) is 78.4 Å². The number of hydrogen-bond acceptors (Lipinski definition) is 4. The first kappa shape index (κ1) is 21.9. The highest BCUT2D eigenvalue weighted by atomic mass is 16.6. The summed E-state index contributed by atoms with van der Waals surface area (Å²) in [7, 11) is 0. The number of hydrogen-bond donors (Lipinski definition) is 1. The Hall–Kier alpha value is -1.81. The van der Waals surface area contributed by atoms with E-state index in [0.717, 1.165) is 43.2 Å². The minimum absolute atomic E-state index is 0.118. The molecule has 3 rings (SSSR count). The maximum Gasteiger partial charge on any atom is 0.308 e. The Kier molecular flexibility index (Phi) is 5.88. The number of carbonyl (C=O) groups excluding carboxylic acids is 1. The molecule has 2 aliphatic rings. The van der Waals surface area contributed by atoms with Gasteiger partial charge >= 0.3 is 5.97 Å². The molecular formula is C25H36O4. The molecule has 0 amide bonds. The van der Waals surface area contributed by atoms with Gasteiger partial charge in [0, 0.05) is 12.5 Å². The van der Waals surface area contributed by atoms with Crippen LogP contribution in [0.25, 0.3) is 0 Å². The monoisotopic (exact) mass is 400 g/mol. The summed E-state index contributed by atoms with van der Waals surface area (Å²) in [5.74, 6) is 1.19. The summed E-state index contributed by atoms with van der Waals surface area (Å²) in [5.41, 5.74) is 1.64. The number of aliphatic hydroxyl groups is 1. The van der Waals surface area contributed by atoms with E-state index in [-0.39, 0.29) is 18.0 Å². The van der Waals surface area contributed by atoms with Crippen molar-refractivity contribution >= 4 is 5.97 Å². The summed E-state index contributed by atoms with van der Waals surface area (Å²) in [5, 5.41) is 12.2. The van der Waals surface area contributed by atoms with Crippen molar-refractivity contribution < 1.29 is 19.4 Å². The Morgan fingerprint density at radius 2 is 2.07 bits per heavy atom. The lowest BCUT2D eigenvalue weighted by atomic mass is 9.51. The minimum atomic E-state index is -0.964. The van der Waals surface area contributed by atoms with Gasteiger partial charge in [-0.25, -0.2) is 0 Å². The summed E-state index contributed by atoms with van der Waals surface area (Å²) in [6, 6.07) is 3.91. The molecule has 0 saturated heterocycles. The van der Waals surface area contributed by atoms with Crippen molar-refractivity contribution in [2.75, 3.05) is 0 Å². The van der Waals surface area contributed by atoms with Crippen LogP contribution in [0, 0.1) is 11.8 Å². The van der Waals surface area contributed by atoms with Gasteiger partial charge in [0.15, 0.2) is 11.5 Å². The minimum Gasteiger partial charge on any atom is -0.481 e. The smallest absolute Gasteiger partial charge is 0.308 e. The molecule has 0 spiro atoms. The summed E-state index contributed by atoms with van der Waals surface area (Å²) >= 11 is 0. The summed E-state index contributed by atoms with van der Waals surface area (Å²) in [6.07, 6.45) is 3.95. The van der Waals surface area contributed by atoms with Gasteiger partial charge in [0.2, 0.25) is 0 Å². The van der Waals surface area contributed by atoms with Crippen LogP contribution < -0.4 is 9.47 Å². The van der Waals surface area contributed by atoms with Crippen molar-refractivity contribution in [3.8, 4) is 11.5 Å². The van der Waals surface area contributed by atoms with Gasteiger partial charge < -0.3 is 14.6 Å². The quantitative estimate of drug-likeness (QED) is 0.381. The fourth-order valence-corrected chi connectivity index (χ4v) is 5.81. The maximum absolute atomic E-state index is 12.2. The lowest BCUT2D eigenvalue weighted by Crippen LogP contribution is -2.63. The highest BCUT2D eigenvalue weighted by molar-refractivity contribution is 5.72. The molecule has 0 bridgehead atoms. The van der Waals surface area contributed by atoms with Gasteiger partial charge in [-0.1, -0.05) is 53.2 Å². The number of esters is 1. The van der Waals surface area contributed by atoms with Crippen molar-refractivity contribution in [2.45, 2.75) is 90.8 Å². The van der Waals surface area contributed by atoms with E-state index in [1.54, 1.807) is 0 Å². The third-order valence-electron chi connectivity index (χ3n) is 7.46. The summed E-state index contributed by atoms with van der Waals surface area (Å²) in [6.45, 7) is 16.4. The fourth-order valence-electron chi connectivity index (χ4n) is 5.81. The second kappa shape index (κ2) is 7.79. The molecule has 160 valence electrons. The predicted octanol–water partition coefficient (Wildman–Crippen LogP) is 5.35. The van der Waals surface area contributed by atoms with Crippen LogP contribution in [0.4, 0.5) is 0 Å². The zero-order valence-electron chi connectivity index (χ0n) is 18.8. The van der Waals surface area contributed by atoms with Crippen molar-refractivity contribution in [3.63, 3.8) is 0 Å². The Balaban J connectivity index is 2.33. The molecule has 1 aliphatic heterocycles. The topological polar surface area (TPSA) is 55.8 Å². The molecular weight excluding hydrogens is 364 g/mol. The van der Waals surface area contributed by atoms with Gasteiger partial charge in [0.25, 0.3) is 0 Å². The zero-order valence-corrected chi connectivity index (χ0v) is 18.8. The number of ether oxygens (including phenoxy) is 2. The van der Waals surface area contributed by atoms with E-state index in [1.807, 2.05) is 13.0 Å². The molecule has 5 unspecified atom stereocenters. The van der Waals surface area contributed by atoms with Crippen LogP contribution in [0.2, 0.25) is 0 Å². The van der Waals surface area contributed by atoms with Gasteiger partial charge in [0.1, 0.15) is 6.10 Å². The Morgan fingerprint density at radius 1 is 1.38 bits per heavy atom. The van der Waals surface area contributed by atoms with Crippen molar-refractivity contribution in [3.05, 3.63) is 35.4 Å². The van der Waals surface area contributed by atoms with Gasteiger partial charge in [-0.2, -0.15) is 0 Å². The molecule has 0 aromatic heterocycles. The number of rotatable bonds is 7. The van der Waals surface area contributed by atoms with Crippen molar-refractivity contribution in [1.82, 2.24) is 0 Å². The molecule has 4 nitrogen and oxygen atoms in total. The molecule has 0 fully saturated rings. The molecule has 1 aromatic carbocycles. The van der Waals surface area contributed by atoms with E-state index in [0.29, 0.717) is 17.4 Å². The molecule has 29 heavy (non-hydrogen) atoms. The highest BCUT2D eigenvalue weighted by Crippen LogP contribution is 2.63. The van der Waals surface area contributed by atoms with E-state index >= 15 is 0 Å². The Bertz CT molecular complexity index is 809. The molecule has 1 aliphatic carbocycles. The first-order valence-electron chi connectivity index (χ1n) is 11.1. The normalized spacial score (nSPS) is 31.0. The van der Waals surface area contributed by atoms with E-state index in [1.165, 1.54) is 12.5 Å². The van der Waals surface area contributed by atoms with Crippen LogP contribution in [-0.4, -0.2) is 22.8 Å². The van der Waals surface area contributed by atoms with E-state index < -0.39 is 11.0 Å². The fraction of sp³-hybridized carbons (Fsp3) is 0.640. The Labute approximate surface area is 175 Å². The molecule has 5 atom stereocenters. The molecule has 1 aromatic rings.